The van der Waals surface area contributed by atoms with Gasteiger partial charge in [-0.2, -0.15) is 18.3 Å². The SMILES string of the molecule is CCCOCc1nn(CC(F)(F)F)cc1I. The molecule has 92 valence electrons. The van der Waals surface area contributed by atoms with Crippen LogP contribution < -0.4 is 0 Å². The summed E-state index contributed by atoms with van der Waals surface area (Å²) in [5, 5.41) is 3.83. The van der Waals surface area contributed by atoms with Gasteiger partial charge in [-0.25, -0.2) is 0 Å². The summed E-state index contributed by atoms with van der Waals surface area (Å²) in [6.07, 6.45) is -1.99. The molecule has 3 nitrogen and oxygen atoms in total. The number of hydrogen-bond donors (Lipinski definition) is 0. The fourth-order valence-corrected chi connectivity index (χ4v) is 1.70. The topological polar surface area (TPSA) is 27.1 Å². The molecule has 1 aromatic heterocycles. The molecule has 0 saturated heterocycles. The molecule has 0 aliphatic rings. The zero-order valence-corrected chi connectivity index (χ0v) is 10.9. The van der Waals surface area contributed by atoms with Gasteiger partial charge in [-0.3, -0.25) is 4.68 Å². The van der Waals surface area contributed by atoms with Crippen molar-refractivity contribution in [3.05, 3.63) is 15.5 Å². The molecule has 0 radical (unpaired) electrons. The fraction of sp³-hybridized carbons (Fsp3) is 0.667. The van der Waals surface area contributed by atoms with Crippen LogP contribution in [0.15, 0.2) is 6.20 Å². The normalized spacial score (nSPS) is 12.1. The molecule has 0 saturated carbocycles. The smallest absolute Gasteiger partial charge is 0.375 e. The van der Waals surface area contributed by atoms with Crippen molar-refractivity contribution in [3.63, 3.8) is 0 Å². The van der Waals surface area contributed by atoms with E-state index in [0.29, 0.717) is 15.9 Å². The van der Waals surface area contributed by atoms with Gasteiger partial charge in [0.25, 0.3) is 0 Å². The van der Waals surface area contributed by atoms with Crippen LogP contribution in [0.3, 0.4) is 0 Å². The van der Waals surface area contributed by atoms with Gasteiger partial charge in [0.2, 0.25) is 0 Å². The summed E-state index contributed by atoms with van der Waals surface area (Å²) in [4.78, 5) is 0. The van der Waals surface area contributed by atoms with Crippen LogP contribution in [0.25, 0.3) is 0 Å². The largest absolute Gasteiger partial charge is 0.408 e. The molecule has 1 aromatic rings. The van der Waals surface area contributed by atoms with Crippen LogP contribution in [0.5, 0.6) is 0 Å². The van der Waals surface area contributed by atoms with Crippen LogP contribution in [0.2, 0.25) is 0 Å². The minimum atomic E-state index is -4.24. The molecule has 0 unspecified atom stereocenters. The monoisotopic (exact) mass is 348 g/mol. The Morgan fingerprint density at radius 3 is 2.75 bits per heavy atom. The third-order valence-corrected chi connectivity index (χ3v) is 2.62. The van der Waals surface area contributed by atoms with Gasteiger partial charge in [-0.15, -0.1) is 0 Å². The van der Waals surface area contributed by atoms with E-state index in [1.54, 1.807) is 0 Å². The first-order valence-corrected chi connectivity index (χ1v) is 5.86. The number of nitrogens with zero attached hydrogens (tertiary/aromatic N) is 2. The zero-order valence-electron chi connectivity index (χ0n) is 8.72. The van der Waals surface area contributed by atoms with Gasteiger partial charge in [0.15, 0.2) is 0 Å². The maximum absolute atomic E-state index is 12.1. The van der Waals surface area contributed by atoms with E-state index >= 15 is 0 Å². The Hall–Kier alpha value is -0.310. The van der Waals surface area contributed by atoms with Crippen LogP contribution in [-0.2, 0) is 17.9 Å². The molecule has 0 aliphatic heterocycles. The van der Waals surface area contributed by atoms with Crippen LogP contribution >= 0.6 is 22.6 Å². The second-order valence-electron chi connectivity index (χ2n) is 3.29. The molecular formula is C9H12F3IN2O. The van der Waals surface area contributed by atoms with E-state index in [1.807, 2.05) is 29.5 Å². The lowest BCUT2D eigenvalue weighted by Crippen LogP contribution is -2.18. The molecule has 1 rings (SSSR count). The molecule has 0 aliphatic carbocycles. The first-order chi connectivity index (χ1) is 7.42. The van der Waals surface area contributed by atoms with Crippen LogP contribution in [0.4, 0.5) is 13.2 Å². The molecule has 16 heavy (non-hydrogen) atoms. The predicted molar refractivity (Wildman–Crippen MR) is 60.9 cm³/mol. The van der Waals surface area contributed by atoms with Crippen LogP contribution in [-0.4, -0.2) is 22.6 Å². The van der Waals surface area contributed by atoms with E-state index in [-0.39, 0.29) is 6.61 Å². The molecule has 0 N–H and O–H groups in total. The van der Waals surface area contributed by atoms with Gasteiger partial charge in [-0.05, 0) is 29.0 Å². The van der Waals surface area contributed by atoms with Crippen molar-refractivity contribution in [3.8, 4) is 0 Å². The van der Waals surface area contributed by atoms with Crippen molar-refractivity contribution >= 4 is 22.6 Å². The summed E-state index contributed by atoms with van der Waals surface area (Å²) >= 11 is 1.95. The molecule has 0 atom stereocenters. The third kappa shape index (κ3) is 4.69. The van der Waals surface area contributed by atoms with Crippen LogP contribution in [0.1, 0.15) is 19.0 Å². The highest BCUT2D eigenvalue weighted by Gasteiger charge is 2.28. The van der Waals surface area contributed by atoms with E-state index in [0.717, 1.165) is 11.1 Å². The summed E-state index contributed by atoms with van der Waals surface area (Å²) in [7, 11) is 0. The Balaban J connectivity index is 2.59. The van der Waals surface area contributed by atoms with Gasteiger partial charge < -0.3 is 4.74 Å². The van der Waals surface area contributed by atoms with Crippen molar-refractivity contribution in [1.82, 2.24) is 9.78 Å². The molecule has 7 heteroatoms. The summed E-state index contributed by atoms with van der Waals surface area (Å²) in [5.74, 6) is 0. The lowest BCUT2D eigenvalue weighted by molar-refractivity contribution is -0.142. The predicted octanol–water partition coefficient (Wildman–Crippen LogP) is 2.98. The Labute approximate surface area is 105 Å². The average Bonchev–Trinajstić information content (AvgIpc) is 2.44. The molecule has 1 heterocycles. The molecule has 0 bridgehead atoms. The van der Waals surface area contributed by atoms with Gasteiger partial charge in [0, 0.05) is 12.8 Å². The van der Waals surface area contributed by atoms with E-state index in [4.69, 9.17) is 4.74 Å². The number of ether oxygens (including phenoxy) is 1. The molecule has 0 amide bonds. The Morgan fingerprint density at radius 2 is 2.19 bits per heavy atom. The second kappa shape index (κ2) is 5.85. The zero-order chi connectivity index (χ0) is 12.2. The molecule has 0 aromatic carbocycles. The number of alkyl halides is 3. The maximum Gasteiger partial charge on any atom is 0.408 e. The van der Waals surface area contributed by atoms with Crippen molar-refractivity contribution in [2.24, 2.45) is 0 Å². The standard InChI is InChI=1S/C9H12F3IN2O/c1-2-3-16-5-8-7(13)4-15(14-8)6-9(10,11)12/h4H,2-3,5-6H2,1H3. The Morgan fingerprint density at radius 1 is 1.50 bits per heavy atom. The third-order valence-electron chi connectivity index (χ3n) is 1.72. The van der Waals surface area contributed by atoms with Crippen molar-refractivity contribution < 1.29 is 17.9 Å². The summed E-state index contributed by atoms with van der Waals surface area (Å²) in [6, 6.07) is 0. The highest BCUT2D eigenvalue weighted by atomic mass is 127. The molecule has 0 spiro atoms. The van der Waals surface area contributed by atoms with E-state index in [2.05, 4.69) is 5.10 Å². The summed E-state index contributed by atoms with van der Waals surface area (Å²) < 4.78 is 43.1. The highest BCUT2D eigenvalue weighted by Crippen LogP contribution is 2.19. The van der Waals surface area contributed by atoms with Gasteiger partial charge >= 0.3 is 6.18 Å². The fourth-order valence-electron chi connectivity index (χ4n) is 1.11. The lowest BCUT2D eigenvalue weighted by atomic mass is 10.4. The van der Waals surface area contributed by atoms with E-state index in [9.17, 15) is 13.2 Å². The highest BCUT2D eigenvalue weighted by molar-refractivity contribution is 14.1. The molecule has 0 fully saturated rings. The average molecular weight is 348 g/mol. The van der Waals surface area contributed by atoms with E-state index in [1.165, 1.54) is 6.20 Å². The summed E-state index contributed by atoms with van der Waals surface area (Å²) in [5.41, 5.74) is 0.554. The van der Waals surface area contributed by atoms with Crippen molar-refractivity contribution in [1.29, 1.82) is 0 Å². The first-order valence-electron chi connectivity index (χ1n) is 4.78. The van der Waals surface area contributed by atoms with Gasteiger partial charge in [0.1, 0.15) is 12.2 Å². The number of hydrogen-bond acceptors (Lipinski definition) is 2. The maximum atomic E-state index is 12.1. The number of halogens is 4. The Kier molecular flexibility index (Phi) is 5.03. The lowest BCUT2D eigenvalue weighted by Gasteiger charge is -2.05. The van der Waals surface area contributed by atoms with E-state index < -0.39 is 12.7 Å². The quantitative estimate of drug-likeness (QED) is 0.604. The summed E-state index contributed by atoms with van der Waals surface area (Å²) in [6.45, 7) is 1.75. The molecular weight excluding hydrogens is 336 g/mol. The Bertz CT molecular complexity index is 338. The number of aromatic nitrogens is 2. The van der Waals surface area contributed by atoms with Gasteiger partial charge in [0.05, 0.1) is 10.2 Å². The van der Waals surface area contributed by atoms with Crippen molar-refractivity contribution in [2.75, 3.05) is 6.61 Å². The minimum absolute atomic E-state index is 0.261. The minimum Gasteiger partial charge on any atom is -0.375 e. The van der Waals surface area contributed by atoms with Gasteiger partial charge in [-0.1, -0.05) is 6.92 Å². The van der Waals surface area contributed by atoms with Crippen LogP contribution in [0, 0.1) is 3.57 Å². The first kappa shape index (κ1) is 13.8. The van der Waals surface area contributed by atoms with Crippen molar-refractivity contribution in [2.45, 2.75) is 32.7 Å². The number of rotatable bonds is 5. The second-order valence-corrected chi connectivity index (χ2v) is 4.45.